The third-order valence-electron chi connectivity index (χ3n) is 2.93. The minimum absolute atomic E-state index is 0.0820. The minimum Gasteiger partial charge on any atom is -0.343 e. The number of carbonyl (C=O) groups excluding carboxylic acids is 2. The van der Waals surface area contributed by atoms with E-state index in [-0.39, 0.29) is 17.5 Å². The van der Waals surface area contributed by atoms with Crippen molar-refractivity contribution >= 4 is 29.1 Å². The van der Waals surface area contributed by atoms with Crippen molar-refractivity contribution < 1.29 is 14.0 Å². The number of rotatable bonds is 4. The number of hydrogen-bond donors (Lipinski definition) is 2. The van der Waals surface area contributed by atoms with Gasteiger partial charge in [-0.3, -0.25) is 9.59 Å². The molecule has 0 saturated carbocycles. The van der Waals surface area contributed by atoms with Crippen molar-refractivity contribution in [3.05, 3.63) is 64.4 Å². The Bertz CT molecular complexity index is 702. The lowest BCUT2D eigenvalue weighted by atomic mass is 10.1. The van der Waals surface area contributed by atoms with E-state index >= 15 is 0 Å². The molecule has 0 fully saturated rings. The second-order valence-electron chi connectivity index (χ2n) is 4.73. The topological polar surface area (TPSA) is 58.2 Å². The molecule has 0 heterocycles. The molecular formula is C16H14ClFN2O2. The molecular weight excluding hydrogens is 307 g/mol. The molecule has 0 aromatic heterocycles. The van der Waals surface area contributed by atoms with Crippen molar-refractivity contribution in [2.45, 2.75) is 6.92 Å². The fourth-order valence-electron chi connectivity index (χ4n) is 1.75. The van der Waals surface area contributed by atoms with Crippen LogP contribution in [0.25, 0.3) is 0 Å². The molecule has 2 amide bonds. The fraction of sp³-hybridized carbons (Fsp3) is 0.125. The molecule has 6 heteroatoms. The van der Waals surface area contributed by atoms with E-state index < -0.39 is 11.7 Å². The number of amides is 2. The van der Waals surface area contributed by atoms with Gasteiger partial charge in [-0.1, -0.05) is 29.3 Å². The molecule has 0 atom stereocenters. The van der Waals surface area contributed by atoms with Crippen molar-refractivity contribution in [1.29, 1.82) is 0 Å². The van der Waals surface area contributed by atoms with Gasteiger partial charge in [0.2, 0.25) is 5.91 Å². The van der Waals surface area contributed by atoms with Crippen molar-refractivity contribution in [3.63, 3.8) is 0 Å². The van der Waals surface area contributed by atoms with Crippen LogP contribution in [0.4, 0.5) is 10.1 Å². The van der Waals surface area contributed by atoms with Crippen LogP contribution >= 0.6 is 11.6 Å². The predicted molar refractivity (Wildman–Crippen MR) is 83.6 cm³/mol. The lowest BCUT2D eigenvalue weighted by Gasteiger charge is -2.08. The molecule has 0 bridgehead atoms. The monoisotopic (exact) mass is 320 g/mol. The molecule has 2 rings (SSSR count). The maximum Gasteiger partial charge on any atom is 0.251 e. The van der Waals surface area contributed by atoms with Gasteiger partial charge in [0.25, 0.3) is 5.91 Å². The molecule has 0 aliphatic heterocycles. The van der Waals surface area contributed by atoms with Crippen LogP contribution in [-0.4, -0.2) is 18.4 Å². The highest BCUT2D eigenvalue weighted by atomic mass is 35.5. The minimum atomic E-state index is -0.563. The van der Waals surface area contributed by atoms with Gasteiger partial charge < -0.3 is 10.6 Å². The summed E-state index contributed by atoms with van der Waals surface area (Å²) in [6.45, 7) is 1.73. The third-order valence-corrected chi connectivity index (χ3v) is 3.22. The quantitative estimate of drug-likeness (QED) is 0.909. The van der Waals surface area contributed by atoms with Gasteiger partial charge in [-0.05, 0) is 37.3 Å². The van der Waals surface area contributed by atoms with Gasteiger partial charge in [0.1, 0.15) is 5.82 Å². The van der Waals surface area contributed by atoms with Crippen LogP contribution in [-0.2, 0) is 4.79 Å². The zero-order chi connectivity index (χ0) is 16.1. The first-order valence-electron chi connectivity index (χ1n) is 6.55. The molecule has 2 aromatic rings. The van der Waals surface area contributed by atoms with E-state index in [4.69, 9.17) is 11.6 Å². The molecule has 0 unspecified atom stereocenters. The summed E-state index contributed by atoms with van der Waals surface area (Å²) in [6.07, 6.45) is 0. The highest BCUT2D eigenvalue weighted by Gasteiger charge is 2.09. The Labute approximate surface area is 132 Å². The lowest BCUT2D eigenvalue weighted by Crippen LogP contribution is -2.32. The van der Waals surface area contributed by atoms with Crippen molar-refractivity contribution in [2.75, 3.05) is 11.9 Å². The molecule has 114 valence electrons. The summed E-state index contributed by atoms with van der Waals surface area (Å²) in [4.78, 5) is 23.6. The van der Waals surface area contributed by atoms with Crippen LogP contribution in [0, 0.1) is 12.7 Å². The van der Waals surface area contributed by atoms with Gasteiger partial charge >= 0.3 is 0 Å². The average molecular weight is 321 g/mol. The smallest absolute Gasteiger partial charge is 0.251 e. The molecule has 2 aromatic carbocycles. The van der Waals surface area contributed by atoms with Gasteiger partial charge in [0.05, 0.1) is 11.6 Å². The van der Waals surface area contributed by atoms with Gasteiger partial charge in [-0.25, -0.2) is 4.39 Å². The Morgan fingerprint density at radius 2 is 1.82 bits per heavy atom. The van der Waals surface area contributed by atoms with E-state index in [2.05, 4.69) is 10.6 Å². The lowest BCUT2D eigenvalue weighted by molar-refractivity contribution is -0.115. The summed E-state index contributed by atoms with van der Waals surface area (Å²) < 4.78 is 13.0. The zero-order valence-corrected chi connectivity index (χ0v) is 12.6. The number of nitrogens with one attached hydrogen (secondary N) is 2. The number of anilines is 1. The summed E-state index contributed by atoms with van der Waals surface area (Å²) in [5, 5.41) is 4.95. The second kappa shape index (κ2) is 7.04. The maximum absolute atomic E-state index is 13.0. The van der Waals surface area contributed by atoms with Crippen LogP contribution < -0.4 is 10.6 Å². The number of aryl methyl sites for hydroxylation is 1. The van der Waals surface area contributed by atoms with Crippen LogP contribution in [0.15, 0.2) is 42.5 Å². The van der Waals surface area contributed by atoms with Gasteiger partial charge in [-0.2, -0.15) is 0 Å². The molecule has 0 radical (unpaired) electrons. The first kappa shape index (κ1) is 16.0. The van der Waals surface area contributed by atoms with Crippen molar-refractivity contribution in [1.82, 2.24) is 5.32 Å². The number of halogens is 2. The molecule has 0 saturated heterocycles. The third kappa shape index (κ3) is 4.30. The Balaban J connectivity index is 1.88. The summed E-state index contributed by atoms with van der Waals surface area (Å²) >= 11 is 5.62. The molecule has 4 nitrogen and oxygen atoms in total. The summed E-state index contributed by atoms with van der Waals surface area (Å²) in [5.74, 6) is -1.33. The number of benzene rings is 2. The van der Waals surface area contributed by atoms with E-state index in [1.807, 2.05) is 19.1 Å². The number of carbonyl (C=O) groups is 2. The summed E-state index contributed by atoms with van der Waals surface area (Å²) in [6, 6.07) is 10.8. The van der Waals surface area contributed by atoms with Gasteiger partial charge in [0.15, 0.2) is 0 Å². The van der Waals surface area contributed by atoms with Crippen LogP contribution in [0.1, 0.15) is 15.9 Å². The molecule has 0 aliphatic rings. The first-order chi connectivity index (χ1) is 10.5. The van der Waals surface area contributed by atoms with E-state index in [1.165, 1.54) is 12.1 Å². The van der Waals surface area contributed by atoms with E-state index in [1.54, 1.807) is 12.1 Å². The Hall–Kier alpha value is -2.40. The zero-order valence-electron chi connectivity index (χ0n) is 11.8. The predicted octanol–water partition coefficient (Wildman–Crippen LogP) is 3.16. The second-order valence-corrected chi connectivity index (χ2v) is 5.13. The van der Waals surface area contributed by atoms with E-state index in [0.29, 0.717) is 11.3 Å². The molecule has 22 heavy (non-hydrogen) atoms. The molecule has 0 spiro atoms. The van der Waals surface area contributed by atoms with E-state index in [0.717, 1.165) is 11.6 Å². The first-order valence-corrected chi connectivity index (χ1v) is 6.93. The van der Waals surface area contributed by atoms with Gasteiger partial charge in [-0.15, -0.1) is 0 Å². The Kier molecular flexibility index (Phi) is 5.12. The SMILES string of the molecule is Cc1ccc(C(=O)NCC(=O)Nc2ccc(F)c(Cl)c2)cc1. The average Bonchev–Trinajstić information content (AvgIpc) is 2.49. The van der Waals surface area contributed by atoms with E-state index in [9.17, 15) is 14.0 Å². The van der Waals surface area contributed by atoms with Gasteiger partial charge in [0, 0.05) is 11.3 Å². The molecule has 0 aliphatic carbocycles. The molecule has 2 N–H and O–H groups in total. The standard InChI is InChI=1S/C16H14ClFN2O2/c1-10-2-4-11(5-3-10)16(22)19-9-15(21)20-12-6-7-14(18)13(17)8-12/h2-8H,9H2,1H3,(H,19,22)(H,20,21). The fourth-order valence-corrected chi connectivity index (χ4v) is 1.93. The highest BCUT2D eigenvalue weighted by molar-refractivity contribution is 6.31. The van der Waals surface area contributed by atoms with Crippen LogP contribution in [0.2, 0.25) is 5.02 Å². The highest BCUT2D eigenvalue weighted by Crippen LogP contribution is 2.19. The largest absolute Gasteiger partial charge is 0.343 e. The maximum atomic E-state index is 13.0. The van der Waals surface area contributed by atoms with Crippen molar-refractivity contribution in [2.24, 2.45) is 0 Å². The van der Waals surface area contributed by atoms with Crippen LogP contribution in [0.3, 0.4) is 0 Å². The Morgan fingerprint density at radius 1 is 1.14 bits per heavy atom. The normalized spacial score (nSPS) is 10.1. The van der Waals surface area contributed by atoms with Crippen molar-refractivity contribution in [3.8, 4) is 0 Å². The summed E-state index contributed by atoms with van der Waals surface area (Å²) in [7, 11) is 0. The number of hydrogen-bond acceptors (Lipinski definition) is 2. The Morgan fingerprint density at radius 3 is 2.45 bits per heavy atom. The summed E-state index contributed by atoms with van der Waals surface area (Å²) in [5.41, 5.74) is 1.88. The van der Waals surface area contributed by atoms with Crippen LogP contribution in [0.5, 0.6) is 0 Å².